The Labute approximate surface area is 231 Å². The quantitative estimate of drug-likeness (QED) is 0.0710. The van der Waals surface area contributed by atoms with Crippen molar-refractivity contribution >= 4 is 35.6 Å². The standard InChI is InChI=1S/C30H40ClN3O4/c1-2-3-4-5-6-7-8-9-10-11-12-13-28(35)32-23-29(36)34-33-22-24-14-20-27(21-15-24)38-30(37)25-16-18-26(31)19-17-25/h14-22H,2-13,23H2,1H3,(H,32,35)(H,34,36)/b33-22+. The summed E-state index contributed by atoms with van der Waals surface area (Å²) >= 11 is 5.83. The van der Waals surface area contributed by atoms with Gasteiger partial charge in [-0.05, 0) is 60.5 Å². The van der Waals surface area contributed by atoms with E-state index in [1.807, 2.05) is 0 Å². The average molecular weight is 542 g/mol. The fraction of sp³-hybridized carbons (Fsp3) is 0.467. The van der Waals surface area contributed by atoms with Gasteiger partial charge in [0.2, 0.25) is 5.91 Å². The van der Waals surface area contributed by atoms with Crippen molar-refractivity contribution in [1.82, 2.24) is 10.7 Å². The second-order valence-electron chi connectivity index (χ2n) is 9.32. The van der Waals surface area contributed by atoms with Gasteiger partial charge in [0.05, 0.1) is 18.3 Å². The first-order valence-corrected chi connectivity index (χ1v) is 14.0. The molecule has 0 saturated heterocycles. The molecule has 0 radical (unpaired) electrons. The number of rotatable bonds is 18. The number of halogens is 1. The fourth-order valence-electron chi connectivity index (χ4n) is 3.81. The van der Waals surface area contributed by atoms with E-state index in [9.17, 15) is 14.4 Å². The summed E-state index contributed by atoms with van der Waals surface area (Å²) in [6.07, 6.45) is 15.4. The van der Waals surface area contributed by atoms with Crippen LogP contribution in [0.25, 0.3) is 0 Å². The molecule has 0 aliphatic heterocycles. The van der Waals surface area contributed by atoms with Gasteiger partial charge in [0.1, 0.15) is 5.75 Å². The molecule has 0 aliphatic rings. The van der Waals surface area contributed by atoms with E-state index in [0.717, 1.165) is 19.3 Å². The number of ether oxygens (including phenoxy) is 1. The normalized spacial score (nSPS) is 10.9. The lowest BCUT2D eigenvalue weighted by Crippen LogP contribution is -2.34. The Hall–Kier alpha value is -3.19. The summed E-state index contributed by atoms with van der Waals surface area (Å²) in [5.74, 6) is -0.626. The number of carbonyl (C=O) groups excluding carboxylic acids is 3. The molecule has 2 aromatic carbocycles. The topological polar surface area (TPSA) is 96.9 Å². The molecule has 0 spiro atoms. The Kier molecular flexibility index (Phi) is 15.5. The van der Waals surface area contributed by atoms with E-state index in [2.05, 4.69) is 22.8 Å². The van der Waals surface area contributed by atoms with Gasteiger partial charge in [0.25, 0.3) is 5.91 Å². The van der Waals surface area contributed by atoms with Crippen molar-refractivity contribution < 1.29 is 19.1 Å². The lowest BCUT2D eigenvalue weighted by Gasteiger charge is -2.05. The van der Waals surface area contributed by atoms with Gasteiger partial charge < -0.3 is 10.1 Å². The highest BCUT2D eigenvalue weighted by molar-refractivity contribution is 6.30. The Morgan fingerprint density at radius 3 is 1.97 bits per heavy atom. The summed E-state index contributed by atoms with van der Waals surface area (Å²) in [6, 6.07) is 13.1. The molecule has 0 fully saturated rings. The summed E-state index contributed by atoms with van der Waals surface area (Å²) in [5.41, 5.74) is 3.49. The first-order valence-electron chi connectivity index (χ1n) is 13.6. The van der Waals surface area contributed by atoms with Crippen LogP contribution in [-0.2, 0) is 9.59 Å². The van der Waals surface area contributed by atoms with Crippen molar-refractivity contribution in [2.45, 2.75) is 84.0 Å². The van der Waals surface area contributed by atoms with Crippen LogP contribution < -0.4 is 15.5 Å². The number of benzene rings is 2. The van der Waals surface area contributed by atoms with Crippen LogP contribution in [0.3, 0.4) is 0 Å². The van der Waals surface area contributed by atoms with Crippen LogP contribution >= 0.6 is 11.6 Å². The maximum atomic E-state index is 12.2. The van der Waals surface area contributed by atoms with Crippen LogP contribution in [0.15, 0.2) is 53.6 Å². The van der Waals surface area contributed by atoms with E-state index in [4.69, 9.17) is 16.3 Å². The molecule has 206 valence electrons. The number of carbonyl (C=O) groups is 3. The van der Waals surface area contributed by atoms with Gasteiger partial charge >= 0.3 is 5.97 Å². The second kappa shape index (κ2) is 19.0. The molecule has 0 bridgehead atoms. The molecule has 0 atom stereocenters. The van der Waals surface area contributed by atoms with Crippen molar-refractivity contribution in [2.75, 3.05) is 6.54 Å². The van der Waals surface area contributed by atoms with Crippen molar-refractivity contribution in [2.24, 2.45) is 5.10 Å². The van der Waals surface area contributed by atoms with Crippen LogP contribution in [0.1, 0.15) is 99.9 Å². The number of hydrogen-bond donors (Lipinski definition) is 2. The lowest BCUT2D eigenvalue weighted by atomic mass is 10.1. The third-order valence-corrected chi connectivity index (χ3v) is 6.28. The zero-order valence-corrected chi connectivity index (χ0v) is 23.1. The highest BCUT2D eigenvalue weighted by Gasteiger charge is 2.08. The monoisotopic (exact) mass is 541 g/mol. The minimum Gasteiger partial charge on any atom is -0.423 e. The first-order chi connectivity index (χ1) is 18.5. The molecule has 0 unspecified atom stereocenters. The fourth-order valence-corrected chi connectivity index (χ4v) is 3.94. The molecule has 8 heteroatoms. The first kappa shape index (κ1) is 31.0. The van der Waals surface area contributed by atoms with E-state index < -0.39 is 11.9 Å². The SMILES string of the molecule is CCCCCCCCCCCCCC(=O)NCC(=O)N/N=C/c1ccc(OC(=O)c2ccc(Cl)cc2)cc1. The smallest absolute Gasteiger partial charge is 0.343 e. The number of nitrogens with one attached hydrogen (secondary N) is 2. The van der Waals surface area contributed by atoms with Crippen LogP contribution in [0, 0.1) is 0 Å². The van der Waals surface area contributed by atoms with Gasteiger partial charge in [0, 0.05) is 11.4 Å². The Morgan fingerprint density at radius 1 is 0.789 bits per heavy atom. The molecule has 2 N–H and O–H groups in total. The number of nitrogens with zero attached hydrogens (tertiary/aromatic N) is 1. The summed E-state index contributed by atoms with van der Waals surface area (Å²) in [5, 5.41) is 7.07. The summed E-state index contributed by atoms with van der Waals surface area (Å²) in [6.45, 7) is 2.12. The van der Waals surface area contributed by atoms with Gasteiger partial charge in [-0.1, -0.05) is 82.7 Å². The van der Waals surface area contributed by atoms with Gasteiger partial charge in [0.15, 0.2) is 0 Å². The van der Waals surface area contributed by atoms with E-state index >= 15 is 0 Å². The van der Waals surface area contributed by atoms with Crippen molar-refractivity contribution in [3.63, 3.8) is 0 Å². The molecule has 38 heavy (non-hydrogen) atoms. The molecule has 0 heterocycles. The molecule has 7 nitrogen and oxygen atoms in total. The molecular formula is C30H40ClN3O4. The number of unbranched alkanes of at least 4 members (excludes halogenated alkanes) is 10. The maximum absolute atomic E-state index is 12.2. The Balaban J connectivity index is 1.53. The molecule has 0 aromatic heterocycles. The van der Waals surface area contributed by atoms with Crippen molar-refractivity contribution in [3.8, 4) is 5.75 Å². The summed E-state index contributed by atoms with van der Waals surface area (Å²) in [4.78, 5) is 36.0. The number of hydrazone groups is 1. The van der Waals surface area contributed by atoms with Crippen LogP contribution in [0.2, 0.25) is 5.02 Å². The highest BCUT2D eigenvalue weighted by Crippen LogP contribution is 2.15. The predicted octanol–water partition coefficient (Wildman–Crippen LogP) is 6.83. The zero-order valence-electron chi connectivity index (χ0n) is 22.3. The lowest BCUT2D eigenvalue weighted by molar-refractivity contribution is -0.126. The molecule has 2 rings (SSSR count). The maximum Gasteiger partial charge on any atom is 0.343 e. The highest BCUT2D eigenvalue weighted by atomic mass is 35.5. The third kappa shape index (κ3) is 13.9. The van der Waals surface area contributed by atoms with Crippen molar-refractivity contribution in [3.05, 3.63) is 64.7 Å². The van der Waals surface area contributed by atoms with Crippen LogP contribution in [0.4, 0.5) is 0 Å². The van der Waals surface area contributed by atoms with Crippen LogP contribution in [0.5, 0.6) is 5.75 Å². The van der Waals surface area contributed by atoms with E-state index in [1.54, 1.807) is 48.5 Å². The molecular weight excluding hydrogens is 502 g/mol. The largest absolute Gasteiger partial charge is 0.423 e. The molecule has 2 amide bonds. The van der Waals surface area contributed by atoms with E-state index in [1.165, 1.54) is 57.6 Å². The average Bonchev–Trinajstić information content (AvgIpc) is 2.92. The van der Waals surface area contributed by atoms with Gasteiger partial charge in [-0.3, -0.25) is 9.59 Å². The number of amides is 2. The Morgan fingerprint density at radius 2 is 1.37 bits per heavy atom. The van der Waals surface area contributed by atoms with Crippen molar-refractivity contribution in [1.29, 1.82) is 0 Å². The summed E-state index contributed by atoms with van der Waals surface area (Å²) < 4.78 is 5.33. The van der Waals surface area contributed by atoms with Gasteiger partial charge in [-0.2, -0.15) is 5.10 Å². The minimum absolute atomic E-state index is 0.117. The minimum atomic E-state index is -0.485. The van der Waals surface area contributed by atoms with Crippen LogP contribution in [-0.4, -0.2) is 30.5 Å². The van der Waals surface area contributed by atoms with E-state index in [0.29, 0.717) is 28.3 Å². The van der Waals surface area contributed by atoms with Gasteiger partial charge in [-0.15, -0.1) is 0 Å². The third-order valence-electron chi connectivity index (χ3n) is 6.03. The predicted molar refractivity (Wildman–Crippen MR) is 153 cm³/mol. The van der Waals surface area contributed by atoms with Gasteiger partial charge in [-0.25, -0.2) is 10.2 Å². The summed E-state index contributed by atoms with van der Waals surface area (Å²) in [7, 11) is 0. The second-order valence-corrected chi connectivity index (χ2v) is 9.76. The number of hydrogen-bond acceptors (Lipinski definition) is 5. The molecule has 0 saturated carbocycles. The Bertz CT molecular complexity index is 1010. The van der Waals surface area contributed by atoms with E-state index in [-0.39, 0.29) is 12.5 Å². The molecule has 0 aliphatic carbocycles. The zero-order chi connectivity index (χ0) is 27.4. The molecule has 2 aromatic rings. The number of esters is 1.